The number of hydrogen-bond donors (Lipinski definition) is 0. The molecule has 0 bridgehead atoms. The standard InChI is InChI=1S/C8H14O/c1-7(2)5-8(3,4)6-9/h5H2,1-4H3. The molecule has 0 spiro atoms. The van der Waals surface area contributed by atoms with Gasteiger partial charge in [-0.25, -0.2) is 0 Å². The second kappa shape index (κ2) is 3.00. The molecule has 0 saturated carbocycles. The average Bonchev–Trinajstić information content (AvgIpc) is 1.63. The normalized spacial score (nSPS) is 12.1. The van der Waals surface area contributed by atoms with Crippen LogP contribution in [0, 0.1) is 11.3 Å². The van der Waals surface area contributed by atoms with Crippen LogP contribution in [-0.2, 0) is 4.79 Å². The summed E-state index contributed by atoms with van der Waals surface area (Å²) in [6.07, 6.45) is 2.85. The third kappa shape index (κ3) is 4.19. The first-order valence-electron chi connectivity index (χ1n) is 3.16. The van der Waals surface area contributed by atoms with Crippen molar-refractivity contribution in [2.24, 2.45) is 5.41 Å². The van der Waals surface area contributed by atoms with Crippen molar-refractivity contribution in [2.75, 3.05) is 0 Å². The Balaban J connectivity index is 3.71. The molecule has 0 amide bonds. The van der Waals surface area contributed by atoms with Gasteiger partial charge >= 0.3 is 0 Å². The Kier molecular flexibility index (Phi) is 2.89. The summed E-state index contributed by atoms with van der Waals surface area (Å²) in [5.41, 5.74) is -0.279. The molecule has 0 aromatic heterocycles. The summed E-state index contributed by atoms with van der Waals surface area (Å²) in [5.74, 6) is 1.28. The van der Waals surface area contributed by atoms with Crippen LogP contribution in [0.4, 0.5) is 0 Å². The number of hydrogen-bond acceptors (Lipinski definition) is 1. The topological polar surface area (TPSA) is 17.1 Å². The second-order valence-electron chi connectivity index (χ2n) is 3.37. The molecule has 2 radical (unpaired) electrons. The first kappa shape index (κ1) is 8.67. The van der Waals surface area contributed by atoms with Gasteiger partial charge in [0.25, 0.3) is 0 Å². The minimum Gasteiger partial charge on any atom is -0.290 e. The molecule has 52 valence electrons. The molecule has 0 aliphatic rings. The Morgan fingerprint density at radius 3 is 2.00 bits per heavy atom. The molecular weight excluding hydrogens is 112 g/mol. The Hall–Kier alpha value is -0.330. The summed E-state index contributed by atoms with van der Waals surface area (Å²) >= 11 is 0. The van der Waals surface area contributed by atoms with Gasteiger partial charge in [-0.05, 0) is 12.3 Å². The summed E-state index contributed by atoms with van der Waals surface area (Å²) in [7, 11) is 0. The van der Waals surface area contributed by atoms with E-state index in [9.17, 15) is 4.79 Å². The summed E-state index contributed by atoms with van der Waals surface area (Å²) in [5, 5.41) is 0. The molecule has 1 nitrogen and oxygen atoms in total. The van der Waals surface area contributed by atoms with Gasteiger partial charge in [0.2, 0.25) is 6.29 Å². The molecule has 0 unspecified atom stereocenters. The molecule has 0 aromatic carbocycles. The Labute approximate surface area is 57.5 Å². The van der Waals surface area contributed by atoms with Crippen LogP contribution in [0.1, 0.15) is 34.1 Å². The third-order valence-electron chi connectivity index (χ3n) is 1.07. The van der Waals surface area contributed by atoms with E-state index in [4.69, 9.17) is 0 Å². The van der Waals surface area contributed by atoms with E-state index in [1.807, 2.05) is 34.0 Å². The lowest BCUT2D eigenvalue weighted by Gasteiger charge is -2.16. The highest BCUT2D eigenvalue weighted by Gasteiger charge is 2.18. The van der Waals surface area contributed by atoms with Crippen molar-refractivity contribution in [3.63, 3.8) is 0 Å². The van der Waals surface area contributed by atoms with Gasteiger partial charge < -0.3 is 0 Å². The highest BCUT2D eigenvalue weighted by molar-refractivity contribution is 5.59. The quantitative estimate of drug-likeness (QED) is 0.566. The van der Waals surface area contributed by atoms with Crippen LogP contribution in [0.3, 0.4) is 0 Å². The minimum absolute atomic E-state index is 0.279. The van der Waals surface area contributed by atoms with E-state index < -0.39 is 0 Å². The fourth-order valence-corrected chi connectivity index (χ4v) is 0.920. The molecule has 0 saturated heterocycles. The average molecular weight is 126 g/mol. The van der Waals surface area contributed by atoms with Gasteiger partial charge in [-0.3, -0.25) is 4.79 Å². The maximum absolute atomic E-state index is 10.2. The molecular formula is C8H14O. The monoisotopic (exact) mass is 126 g/mol. The lowest BCUT2D eigenvalue weighted by atomic mass is 9.86. The zero-order valence-corrected chi connectivity index (χ0v) is 6.62. The van der Waals surface area contributed by atoms with E-state index in [-0.39, 0.29) is 5.41 Å². The highest BCUT2D eigenvalue weighted by atomic mass is 16.1. The molecule has 0 atom stereocenters. The van der Waals surface area contributed by atoms with Gasteiger partial charge in [0.15, 0.2) is 0 Å². The molecule has 0 heterocycles. The van der Waals surface area contributed by atoms with E-state index in [0.717, 1.165) is 6.42 Å². The third-order valence-corrected chi connectivity index (χ3v) is 1.07. The van der Waals surface area contributed by atoms with Crippen LogP contribution in [0.5, 0.6) is 0 Å². The maximum atomic E-state index is 10.2. The van der Waals surface area contributed by atoms with Gasteiger partial charge in [0.1, 0.15) is 0 Å². The first-order valence-corrected chi connectivity index (χ1v) is 3.16. The minimum atomic E-state index is -0.279. The highest BCUT2D eigenvalue weighted by Crippen LogP contribution is 2.22. The van der Waals surface area contributed by atoms with Crippen LogP contribution in [0.25, 0.3) is 0 Å². The van der Waals surface area contributed by atoms with Crippen molar-refractivity contribution >= 4 is 6.29 Å². The fourth-order valence-electron chi connectivity index (χ4n) is 0.920. The predicted octanol–water partition coefficient (Wildman–Crippen LogP) is 2.13. The smallest absolute Gasteiger partial charge is 0.204 e. The van der Waals surface area contributed by atoms with E-state index in [1.54, 1.807) is 0 Å². The van der Waals surface area contributed by atoms with Crippen molar-refractivity contribution in [1.82, 2.24) is 0 Å². The van der Waals surface area contributed by atoms with Crippen LogP contribution in [0.2, 0.25) is 0 Å². The molecule has 0 aromatic rings. The molecule has 0 rings (SSSR count). The van der Waals surface area contributed by atoms with E-state index in [2.05, 4.69) is 0 Å². The summed E-state index contributed by atoms with van der Waals surface area (Å²) in [6, 6.07) is 0. The van der Waals surface area contributed by atoms with Gasteiger partial charge in [-0.15, -0.1) is 0 Å². The summed E-state index contributed by atoms with van der Waals surface area (Å²) in [6.45, 7) is 7.85. The molecule has 9 heavy (non-hydrogen) atoms. The van der Waals surface area contributed by atoms with E-state index >= 15 is 0 Å². The van der Waals surface area contributed by atoms with Crippen molar-refractivity contribution in [2.45, 2.75) is 34.1 Å². The zero-order valence-electron chi connectivity index (χ0n) is 6.62. The second-order valence-corrected chi connectivity index (χ2v) is 3.37. The zero-order chi connectivity index (χ0) is 7.49. The van der Waals surface area contributed by atoms with E-state index in [0.29, 0.717) is 0 Å². The molecule has 0 N–H and O–H groups in total. The summed E-state index contributed by atoms with van der Waals surface area (Å²) in [4.78, 5) is 10.2. The van der Waals surface area contributed by atoms with Crippen LogP contribution in [-0.4, -0.2) is 6.29 Å². The lowest BCUT2D eigenvalue weighted by Crippen LogP contribution is -2.14. The van der Waals surface area contributed by atoms with Crippen LogP contribution in [0.15, 0.2) is 0 Å². The molecule has 0 aliphatic carbocycles. The number of rotatable bonds is 3. The van der Waals surface area contributed by atoms with Crippen LogP contribution < -0.4 is 0 Å². The Morgan fingerprint density at radius 1 is 1.44 bits per heavy atom. The molecule has 0 fully saturated rings. The Morgan fingerprint density at radius 2 is 1.89 bits per heavy atom. The van der Waals surface area contributed by atoms with Gasteiger partial charge in [-0.2, -0.15) is 0 Å². The van der Waals surface area contributed by atoms with E-state index in [1.165, 1.54) is 5.92 Å². The summed E-state index contributed by atoms with van der Waals surface area (Å²) < 4.78 is 0. The van der Waals surface area contributed by atoms with Gasteiger partial charge in [0, 0.05) is 5.41 Å². The van der Waals surface area contributed by atoms with Crippen molar-refractivity contribution in [1.29, 1.82) is 0 Å². The molecule has 0 aliphatic heterocycles. The van der Waals surface area contributed by atoms with Crippen molar-refractivity contribution in [3.8, 4) is 0 Å². The lowest BCUT2D eigenvalue weighted by molar-refractivity contribution is 0.432. The number of carbonyl (C=O) groups excluding carboxylic acids is 1. The maximum Gasteiger partial charge on any atom is 0.204 e. The fraction of sp³-hybridized carbons (Fsp3) is 0.750. The van der Waals surface area contributed by atoms with Gasteiger partial charge in [0.05, 0.1) is 0 Å². The Bertz CT molecular complexity index is 92.7. The first-order chi connectivity index (χ1) is 3.98. The largest absolute Gasteiger partial charge is 0.290 e. The van der Waals surface area contributed by atoms with Crippen molar-refractivity contribution < 1.29 is 4.79 Å². The SMILES string of the molecule is C[C](C)CC(C)(C)[C]=O. The predicted molar refractivity (Wildman–Crippen MR) is 38.7 cm³/mol. The van der Waals surface area contributed by atoms with Crippen molar-refractivity contribution in [3.05, 3.63) is 5.92 Å². The molecule has 1 heteroatoms. The van der Waals surface area contributed by atoms with Gasteiger partial charge in [-0.1, -0.05) is 27.7 Å². The van der Waals surface area contributed by atoms with Crippen LogP contribution >= 0.6 is 0 Å².